The lowest BCUT2D eigenvalue weighted by atomic mass is 10.1. The van der Waals surface area contributed by atoms with Crippen LogP contribution in [0.15, 0.2) is 18.2 Å². The summed E-state index contributed by atoms with van der Waals surface area (Å²) in [5.74, 6) is -0.998. The maximum Gasteiger partial charge on any atom is 0.343 e. The van der Waals surface area contributed by atoms with Crippen LogP contribution < -0.4 is 0 Å². The third-order valence-corrected chi connectivity index (χ3v) is 2.25. The summed E-state index contributed by atoms with van der Waals surface area (Å²) in [6.45, 7) is 4.46. The van der Waals surface area contributed by atoms with Crippen LogP contribution in [0.1, 0.15) is 29.8 Å². The summed E-state index contributed by atoms with van der Waals surface area (Å²) < 4.78 is 5.32. The van der Waals surface area contributed by atoms with Gasteiger partial charge < -0.3 is 9.84 Å². The summed E-state index contributed by atoms with van der Waals surface area (Å²) in [6.07, 6.45) is 0. The van der Waals surface area contributed by atoms with Crippen LogP contribution in [0.5, 0.6) is 0 Å². The second-order valence-corrected chi connectivity index (χ2v) is 4.28. The van der Waals surface area contributed by atoms with Gasteiger partial charge in [-0.15, -0.1) is 0 Å². The van der Waals surface area contributed by atoms with E-state index >= 15 is 0 Å². The highest BCUT2D eigenvalue weighted by atomic mass is 16.6. The second-order valence-electron chi connectivity index (χ2n) is 4.28. The fourth-order valence-electron chi connectivity index (χ4n) is 1.51. The van der Waals surface area contributed by atoms with Crippen molar-refractivity contribution < 1.29 is 19.6 Å². The number of carboxylic acid groups (broad SMARTS) is 1. The van der Waals surface area contributed by atoms with Gasteiger partial charge in [0.25, 0.3) is 5.69 Å². The van der Waals surface area contributed by atoms with Crippen molar-refractivity contribution in [3.8, 4) is 0 Å². The Labute approximate surface area is 104 Å². The van der Waals surface area contributed by atoms with E-state index < -0.39 is 16.6 Å². The van der Waals surface area contributed by atoms with E-state index in [4.69, 9.17) is 9.84 Å². The first-order chi connectivity index (χ1) is 8.43. The SMILES string of the molecule is CC(C)COCc1cccc([N+](=O)[O-])c1C(=O)O. The average Bonchev–Trinajstić information content (AvgIpc) is 2.27. The number of ether oxygens (including phenoxy) is 1. The van der Waals surface area contributed by atoms with Crippen LogP contribution >= 0.6 is 0 Å². The monoisotopic (exact) mass is 253 g/mol. The highest BCUT2D eigenvalue weighted by molar-refractivity contribution is 5.94. The van der Waals surface area contributed by atoms with Crippen LogP contribution in [0.25, 0.3) is 0 Å². The molecule has 1 aromatic carbocycles. The van der Waals surface area contributed by atoms with Gasteiger partial charge >= 0.3 is 5.97 Å². The zero-order chi connectivity index (χ0) is 13.7. The fourth-order valence-corrected chi connectivity index (χ4v) is 1.51. The molecule has 0 amide bonds. The van der Waals surface area contributed by atoms with Gasteiger partial charge in [-0.3, -0.25) is 10.1 Å². The Morgan fingerprint density at radius 1 is 1.50 bits per heavy atom. The Morgan fingerprint density at radius 3 is 2.67 bits per heavy atom. The van der Waals surface area contributed by atoms with E-state index in [0.29, 0.717) is 18.1 Å². The maximum atomic E-state index is 11.1. The van der Waals surface area contributed by atoms with Crippen molar-refractivity contribution in [2.24, 2.45) is 5.92 Å². The van der Waals surface area contributed by atoms with E-state index in [1.165, 1.54) is 18.2 Å². The van der Waals surface area contributed by atoms with Gasteiger partial charge in [-0.2, -0.15) is 0 Å². The Balaban J connectivity index is 3.00. The molecule has 98 valence electrons. The molecule has 0 spiro atoms. The number of carbonyl (C=O) groups is 1. The van der Waals surface area contributed by atoms with Gasteiger partial charge in [0.05, 0.1) is 11.5 Å². The number of aromatic carboxylic acids is 1. The molecule has 0 bridgehead atoms. The molecule has 1 N–H and O–H groups in total. The highest BCUT2D eigenvalue weighted by Gasteiger charge is 2.23. The third-order valence-electron chi connectivity index (χ3n) is 2.25. The van der Waals surface area contributed by atoms with E-state index in [1.54, 1.807) is 0 Å². The molecule has 0 unspecified atom stereocenters. The minimum atomic E-state index is -1.31. The number of nitro benzene ring substituents is 1. The van der Waals surface area contributed by atoms with E-state index in [9.17, 15) is 14.9 Å². The molecule has 0 aliphatic heterocycles. The average molecular weight is 253 g/mol. The van der Waals surface area contributed by atoms with E-state index in [1.807, 2.05) is 13.8 Å². The summed E-state index contributed by atoms with van der Waals surface area (Å²) in [6, 6.07) is 4.16. The quantitative estimate of drug-likeness (QED) is 0.621. The molecule has 1 aromatic rings. The Kier molecular flexibility index (Phi) is 4.79. The van der Waals surface area contributed by atoms with Crippen molar-refractivity contribution in [1.29, 1.82) is 0 Å². The Hall–Kier alpha value is -1.95. The van der Waals surface area contributed by atoms with Crippen molar-refractivity contribution in [3.05, 3.63) is 39.4 Å². The second kappa shape index (κ2) is 6.11. The molecule has 0 saturated carbocycles. The van der Waals surface area contributed by atoms with Crippen molar-refractivity contribution in [2.45, 2.75) is 20.5 Å². The molecule has 0 fully saturated rings. The highest BCUT2D eigenvalue weighted by Crippen LogP contribution is 2.23. The molecule has 0 atom stereocenters. The normalized spacial score (nSPS) is 10.6. The fraction of sp³-hybridized carbons (Fsp3) is 0.417. The first kappa shape index (κ1) is 14.1. The van der Waals surface area contributed by atoms with E-state index in [2.05, 4.69) is 0 Å². The number of hydrogen-bond acceptors (Lipinski definition) is 4. The molecule has 0 aliphatic rings. The first-order valence-corrected chi connectivity index (χ1v) is 5.50. The number of benzene rings is 1. The maximum absolute atomic E-state index is 11.1. The lowest BCUT2D eigenvalue weighted by Gasteiger charge is -2.09. The largest absolute Gasteiger partial charge is 0.477 e. The van der Waals surface area contributed by atoms with E-state index in [0.717, 1.165) is 0 Å². The smallest absolute Gasteiger partial charge is 0.343 e. The summed E-state index contributed by atoms with van der Waals surface area (Å²) in [4.78, 5) is 21.1. The van der Waals surface area contributed by atoms with Gasteiger partial charge in [0.2, 0.25) is 0 Å². The van der Waals surface area contributed by atoms with Gasteiger partial charge in [-0.1, -0.05) is 26.0 Å². The van der Waals surface area contributed by atoms with Gasteiger partial charge in [0.1, 0.15) is 5.56 Å². The number of nitrogens with zero attached hydrogens (tertiary/aromatic N) is 1. The van der Waals surface area contributed by atoms with Gasteiger partial charge in [-0.25, -0.2) is 4.79 Å². The van der Waals surface area contributed by atoms with Crippen molar-refractivity contribution in [2.75, 3.05) is 6.61 Å². The summed E-state index contributed by atoms with van der Waals surface area (Å²) in [7, 11) is 0. The van der Waals surface area contributed by atoms with Crippen molar-refractivity contribution in [3.63, 3.8) is 0 Å². The van der Waals surface area contributed by atoms with Crippen LogP contribution in [0.4, 0.5) is 5.69 Å². The predicted octanol–water partition coefficient (Wildman–Crippen LogP) is 2.47. The molecular weight excluding hydrogens is 238 g/mol. The molecule has 0 aliphatic carbocycles. The zero-order valence-corrected chi connectivity index (χ0v) is 10.3. The number of rotatable bonds is 6. The standard InChI is InChI=1S/C12H15NO5/c1-8(2)6-18-7-9-4-3-5-10(13(16)17)11(9)12(14)15/h3-5,8H,6-7H2,1-2H3,(H,14,15). The number of hydrogen-bond donors (Lipinski definition) is 1. The minimum Gasteiger partial charge on any atom is -0.477 e. The Bertz CT molecular complexity index is 456. The lowest BCUT2D eigenvalue weighted by Crippen LogP contribution is -2.09. The molecule has 0 heterocycles. The van der Waals surface area contributed by atoms with Crippen LogP contribution in [0, 0.1) is 16.0 Å². The predicted molar refractivity (Wildman–Crippen MR) is 64.5 cm³/mol. The number of carboxylic acids is 1. The first-order valence-electron chi connectivity index (χ1n) is 5.50. The van der Waals surface area contributed by atoms with Crippen molar-refractivity contribution >= 4 is 11.7 Å². The molecule has 6 nitrogen and oxygen atoms in total. The molecular formula is C12H15NO5. The minimum absolute atomic E-state index is 0.0570. The molecule has 0 radical (unpaired) electrons. The molecule has 6 heteroatoms. The summed E-state index contributed by atoms with van der Waals surface area (Å²) >= 11 is 0. The van der Waals surface area contributed by atoms with Crippen LogP contribution in [-0.4, -0.2) is 22.6 Å². The van der Waals surface area contributed by atoms with Crippen LogP contribution in [0.2, 0.25) is 0 Å². The molecule has 0 saturated heterocycles. The third kappa shape index (κ3) is 3.53. The van der Waals surface area contributed by atoms with Crippen molar-refractivity contribution in [1.82, 2.24) is 0 Å². The van der Waals surface area contributed by atoms with Gasteiger partial charge in [0, 0.05) is 12.7 Å². The zero-order valence-electron chi connectivity index (χ0n) is 10.3. The summed E-state index contributed by atoms with van der Waals surface area (Å²) in [5.41, 5.74) is -0.392. The summed E-state index contributed by atoms with van der Waals surface area (Å²) in [5, 5.41) is 19.8. The van der Waals surface area contributed by atoms with Crippen LogP contribution in [0.3, 0.4) is 0 Å². The lowest BCUT2D eigenvalue weighted by molar-refractivity contribution is -0.385. The van der Waals surface area contributed by atoms with E-state index in [-0.39, 0.29) is 12.2 Å². The molecule has 0 aromatic heterocycles. The topological polar surface area (TPSA) is 89.7 Å². The van der Waals surface area contributed by atoms with Crippen LogP contribution in [-0.2, 0) is 11.3 Å². The Morgan fingerprint density at radius 2 is 2.17 bits per heavy atom. The molecule has 1 rings (SSSR count). The molecule has 18 heavy (non-hydrogen) atoms. The number of nitro groups is 1. The van der Waals surface area contributed by atoms with Gasteiger partial charge in [-0.05, 0) is 11.5 Å². The van der Waals surface area contributed by atoms with Gasteiger partial charge in [0.15, 0.2) is 0 Å².